The summed E-state index contributed by atoms with van der Waals surface area (Å²) in [5, 5.41) is 13.4. The molecule has 0 aliphatic carbocycles. The van der Waals surface area contributed by atoms with Crippen LogP contribution in [0.3, 0.4) is 0 Å². The molecule has 23 heavy (non-hydrogen) atoms. The van der Waals surface area contributed by atoms with E-state index in [9.17, 15) is 14.9 Å². The lowest BCUT2D eigenvalue weighted by atomic mass is 10.2. The second-order valence-electron chi connectivity index (χ2n) is 5.29. The standard InChI is InChI=1S/C16H16BrN3O3/c1-19(10-12-5-7-13(17)8-6-12)11-16(21)18-14-3-2-4-15(9-14)20(22)23/h2-9H,10-11H2,1H3,(H,18,21)/p+1. The highest BCUT2D eigenvalue weighted by Gasteiger charge is 2.12. The van der Waals surface area contributed by atoms with Crippen LogP contribution in [0, 0.1) is 10.1 Å². The molecule has 0 aliphatic heterocycles. The van der Waals surface area contributed by atoms with Crippen molar-refractivity contribution in [3.8, 4) is 0 Å². The van der Waals surface area contributed by atoms with E-state index in [-0.39, 0.29) is 18.1 Å². The van der Waals surface area contributed by atoms with Crippen molar-refractivity contribution in [2.24, 2.45) is 0 Å². The van der Waals surface area contributed by atoms with Gasteiger partial charge in [-0.15, -0.1) is 0 Å². The summed E-state index contributed by atoms with van der Waals surface area (Å²) in [6.45, 7) is 0.994. The largest absolute Gasteiger partial charge is 0.326 e. The highest BCUT2D eigenvalue weighted by atomic mass is 79.9. The number of nitro groups is 1. The molecule has 2 rings (SSSR count). The second kappa shape index (κ2) is 7.85. The lowest BCUT2D eigenvalue weighted by Crippen LogP contribution is -3.08. The third-order valence-corrected chi connectivity index (χ3v) is 3.75. The fraction of sp³-hybridized carbons (Fsp3) is 0.188. The van der Waals surface area contributed by atoms with Crippen LogP contribution in [-0.2, 0) is 11.3 Å². The molecule has 7 heteroatoms. The molecule has 1 atom stereocenters. The minimum atomic E-state index is -0.486. The third kappa shape index (κ3) is 5.46. The summed E-state index contributed by atoms with van der Waals surface area (Å²) < 4.78 is 1.02. The van der Waals surface area contributed by atoms with Gasteiger partial charge in [0.25, 0.3) is 11.6 Å². The van der Waals surface area contributed by atoms with E-state index in [1.807, 2.05) is 31.3 Å². The number of nitro benzene ring substituents is 1. The second-order valence-corrected chi connectivity index (χ2v) is 6.21. The van der Waals surface area contributed by atoms with Crippen LogP contribution in [-0.4, -0.2) is 24.4 Å². The van der Waals surface area contributed by atoms with E-state index < -0.39 is 4.92 Å². The minimum Gasteiger partial charge on any atom is -0.326 e. The first-order valence-corrected chi connectivity index (χ1v) is 7.83. The summed E-state index contributed by atoms with van der Waals surface area (Å²) in [5.74, 6) is -0.180. The Morgan fingerprint density at radius 3 is 2.61 bits per heavy atom. The van der Waals surface area contributed by atoms with Crippen LogP contribution in [0.2, 0.25) is 0 Å². The molecule has 0 aliphatic rings. The van der Waals surface area contributed by atoms with Crippen molar-refractivity contribution in [1.29, 1.82) is 0 Å². The predicted octanol–water partition coefficient (Wildman–Crippen LogP) is 2.01. The van der Waals surface area contributed by atoms with Crippen molar-refractivity contribution in [3.63, 3.8) is 0 Å². The lowest BCUT2D eigenvalue weighted by Gasteiger charge is -2.14. The van der Waals surface area contributed by atoms with E-state index in [0.29, 0.717) is 5.69 Å². The molecule has 1 amide bonds. The Balaban J connectivity index is 1.90. The first kappa shape index (κ1) is 17.1. The van der Waals surface area contributed by atoms with Crippen LogP contribution in [0.1, 0.15) is 5.56 Å². The SMILES string of the molecule is C[NH+](CC(=O)Nc1cccc([N+](=O)[O-])c1)Cc1ccc(Br)cc1. The van der Waals surface area contributed by atoms with Gasteiger partial charge in [-0.3, -0.25) is 14.9 Å². The normalized spacial score (nSPS) is 11.7. The van der Waals surface area contributed by atoms with Gasteiger partial charge in [-0.25, -0.2) is 0 Å². The number of nitrogens with one attached hydrogen (secondary N) is 2. The highest BCUT2D eigenvalue weighted by Crippen LogP contribution is 2.16. The molecule has 0 bridgehead atoms. The molecule has 0 fully saturated rings. The van der Waals surface area contributed by atoms with Crippen LogP contribution in [0.5, 0.6) is 0 Å². The summed E-state index contributed by atoms with van der Waals surface area (Å²) in [6, 6.07) is 13.9. The average Bonchev–Trinajstić information content (AvgIpc) is 2.49. The van der Waals surface area contributed by atoms with E-state index >= 15 is 0 Å². The number of likely N-dealkylation sites (N-methyl/N-ethyl adjacent to an activating group) is 1. The molecule has 6 nitrogen and oxygen atoms in total. The van der Waals surface area contributed by atoms with Crippen molar-refractivity contribution in [2.45, 2.75) is 6.54 Å². The minimum absolute atomic E-state index is 0.0432. The number of quaternary nitrogens is 1. The van der Waals surface area contributed by atoms with E-state index in [4.69, 9.17) is 0 Å². The Morgan fingerprint density at radius 2 is 1.96 bits per heavy atom. The Bertz CT molecular complexity index is 704. The van der Waals surface area contributed by atoms with E-state index in [0.717, 1.165) is 21.5 Å². The van der Waals surface area contributed by atoms with Crippen LogP contribution < -0.4 is 10.2 Å². The predicted molar refractivity (Wildman–Crippen MR) is 91.3 cm³/mol. The monoisotopic (exact) mass is 378 g/mol. The van der Waals surface area contributed by atoms with Crippen molar-refractivity contribution < 1.29 is 14.6 Å². The molecule has 1 unspecified atom stereocenters. The fourth-order valence-electron chi connectivity index (χ4n) is 2.19. The van der Waals surface area contributed by atoms with Crippen molar-refractivity contribution in [3.05, 3.63) is 68.7 Å². The number of non-ortho nitro benzene ring substituents is 1. The number of hydrogen-bond acceptors (Lipinski definition) is 3. The van der Waals surface area contributed by atoms with Gasteiger partial charge in [-0.2, -0.15) is 0 Å². The van der Waals surface area contributed by atoms with Crippen molar-refractivity contribution in [1.82, 2.24) is 0 Å². The van der Waals surface area contributed by atoms with Gasteiger partial charge in [-0.05, 0) is 18.2 Å². The van der Waals surface area contributed by atoms with Crippen LogP contribution in [0.15, 0.2) is 53.0 Å². The van der Waals surface area contributed by atoms with Gasteiger partial charge in [0.2, 0.25) is 0 Å². The quantitative estimate of drug-likeness (QED) is 0.596. The first-order chi connectivity index (χ1) is 10.9. The number of benzene rings is 2. The molecule has 2 N–H and O–H groups in total. The molecule has 0 saturated heterocycles. The molecule has 0 heterocycles. The number of rotatable bonds is 6. The van der Waals surface area contributed by atoms with Gasteiger partial charge in [0, 0.05) is 27.9 Å². The zero-order chi connectivity index (χ0) is 16.8. The molecule has 0 saturated carbocycles. The molecular weight excluding hydrogens is 362 g/mol. The van der Waals surface area contributed by atoms with Gasteiger partial charge in [-0.1, -0.05) is 34.1 Å². The molecule has 2 aromatic rings. The Labute approximate surface area is 142 Å². The first-order valence-electron chi connectivity index (χ1n) is 7.04. The van der Waals surface area contributed by atoms with Gasteiger partial charge in [0.1, 0.15) is 6.54 Å². The van der Waals surface area contributed by atoms with Crippen molar-refractivity contribution >= 4 is 33.2 Å². The Hall–Kier alpha value is -2.25. The number of hydrogen-bond donors (Lipinski definition) is 2. The lowest BCUT2D eigenvalue weighted by molar-refractivity contribution is -0.885. The van der Waals surface area contributed by atoms with E-state index in [2.05, 4.69) is 21.2 Å². The summed E-state index contributed by atoms with van der Waals surface area (Å²) in [7, 11) is 1.93. The zero-order valence-corrected chi connectivity index (χ0v) is 14.2. The zero-order valence-electron chi connectivity index (χ0n) is 12.6. The van der Waals surface area contributed by atoms with Gasteiger partial charge in [0.05, 0.1) is 12.0 Å². The summed E-state index contributed by atoms with van der Waals surface area (Å²) in [5.41, 5.74) is 1.52. The smallest absolute Gasteiger partial charge is 0.279 e. The van der Waals surface area contributed by atoms with Gasteiger partial charge in [0.15, 0.2) is 6.54 Å². The summed E-state index contributed by atoms with van der Waals surface area (Å²) in [6.07, 6.45) is 0. The maximum Gasteiger partial charge on any atom is 0.279 e. The Kier molecular flexibility index (Phi) is 5.84. The van der Waals surface area contributed by atoms with Gasteiger partial charge < -0.3 is 10.2 Å². The maximum atomic E-state index is 12.0. The van der Waals surface area contributed by atoms with Crippen LogP contribution >= 0.6 is 15.9 Å². The number of anilines is 1. The third-order valence-electron chi connectivity index (χ3n) is 3.22. The summed E-state index contributed by atoms with van der Waals surface area (Å²) >= 11 is 3.39. The van der Waals surface area contributed by atoms with Crippen LogP contribution in [0.4, 0.5) is 11.4 Å². The molecule has 0 aromatic heterocycles. The Morgan fingerprint density at radius 1 is 1.26 bits per heavy atom. The molecular formula is C16H17BrN3O3+. The molecule has 0 spiro atoms. The fourth-order valence-corrected chi connectivity index (χ4v) is 2.45. The number of carbonyl (C=O) groups is 1. The topological polar surface area (TPSA) is 76.7 Å². The van der Waals surface area contributed by atoms with Gasteiger partial charge >= 0.3 is 0 Å². The number of halogens is 1. The molecule has 0 radical (unpaired) electrons. The van der Waals surface area contributed by atoms with E-state index in [1.54, 1.807) is 12.1 Å². The maximum absolute atomic E-state index is 12.0. The average molecular weight is 379 g/mol. The van der Waals surface area contributed by atoms with Crippen molar-refractivity contribution in [2.75, 3.05) is 18.9 Å². The number of amides is 1. The highest BCUT2D eigenvalue weighted by molar-refractivity contribution is 9.10. The molecule has 120 valence electrons. The van der Waals surface area contributed by atoms with E-state index in [1.165, 1.54) is 12.1 Å². The number of carbonyl (C=O) groups excluding carboxylic acids is 1. The molecule has 2 aromatic carbocycles. The number of nitrogens with zero attached hydrogens (tertiary/aromatic N) is 1. The van der Waals surface area contributed by atoms with Crippen LogP contribution in [0.25, 0.3) is 0 Å². The summed E-state index contributed by atoms with van der Waals surface area (Å²) in [4.78, 5) is 23.3.